The number of hydrogen-bond donors (Lipinski definition) is 1. The first-order chi connectivity index (χ1) is 11.1. The molecule has 1 N–H and O–H groups in total. The van der Waals surface area contributed by atoms with E-state index in [1.165, 1.54) is 11.0 Å². The van der Waals surface area contributed by atoms with Crippen LogP contribution in [0.2, 0.25) is 0 Å². The summed E-state index contributed by atoms with van der Waals surface area (Å²) in [7, 11) is 0. The van der Waals surface area contributed by atoms with Gasteiger partial charge in [-0.15, -0.1) is 0 Å². The lowest BCUT2D eigenvalue weighted by atomic mass is 9.89. The second-order valence-corrected chi connectivity index (χ2v) is 6.45. The van der Waals surface area contributed by atoms with Crippen LogP contribution in [0.4, 0.5) is 13.2 Å². The molecule has 2 rings (SSSR count). The number of alkyl halides is 3. The van der Waals surface area contributed by atoms with Gasteiger partial charge in [-0.25, -0.2) is 0 Å². The number of aliphatic carboxylic acids is 1. The monoisotopic (exact) mass is 343 g/mol. The molecule has 1 aliphatic rings. The van der Waals surface area contributed by atoms with Gasteiger partial charge < -0.3 is 10.0 Å². The van der Waals surface area contributed by atoms with E-state index in [0.717, 1.165) is 12.1 Å². The van der Waals surface area contributed by atoms with Crippen molar-refractivity contribution < 1.29 is 27.9 Å². The summed E-state index contributed by atoms with van der Waals surface area (Å²) < 4.78 is 38.8. The van der Waals surface area contributed by atoms with E-state index in [0.29, 0.717) is 12.1 Å². The van der Waals surface area contributed by atoms with Crippen molar-refractivity contribution in [3.63, 3.8) is 0 Å². The van der Waals surface area contributed by atoms with Gasteiger partial charge in [-0.05, 0) is 30.0 Å². The Morgan fingerprint density at radius 1 is 1.33 bits per heavy atom. The Morgan fingerprint density at radius 2 is 1.96 bits per heavy atom. The molecule has 24 heavy (non-hydrogen) atoms. The molecule has 0 fully saturated rings. The van der Waals surface area contributed by atoms with E-state index < -0.39 is 35.6 Å². The van der Waals surface area contributed by atoms with Crippen LogP contribution in [0.15, 0.2) is 18.2 Å². The summed E-state index contributed by atoms with van der Waals surface area (Å²) in [4.78, 5) is 25.6. The molecular formula is C17H20F3NO3. The highest BCUT2D eigenvalue weighted by molar-refractivity contribution is 6.00. The third kappa shape index (κ3) is 3.25. The molecule has 0 bridgehead atoms. The maximum absolute atomic E-state index is 12.9. The standard InChI is InChI=1S/C17H20F3NO3/c1-4-11(16(23)24)14-12-6-5-10(17(18,19)20)7-13(12)15(22)21(14)8-9(2)3/h5-7,9,11,14H,4,8H2,1-3H3,(H,23,24). The summed E-state index contributed by atoms with van der Waals surface area (Å²) in [6, 6.07) is 2.25. The van der Waals surface area contributed by atoms with Gasteiger partial charge in [0.05, 0.1) is 17.5 Å². The molecule has 0 saturated carbocycles. The smallest absolute Gasteiger partial charge is 0.416 e. The highest BCUT2D eigenvalue weighted by Crippen LogP contribution is 2.42. The van der Waals surface area contributed by atoms with Crippen LogP contribution in [0.5, 0.6) is 0 Å². The summed E-state index contributed by atoms with van der Waals surface area (Å²) in [6.45, 7) is 5.73. The van der Waals surface area contributed by atoms with E-state index in [1.54, 1.807) is 6.92 Å². The molecule has 1 aromatic rings. The Morgan fingerprint density at radius 3 is 2.42 bits per heavy atom. The van der Waals surface area contributed by atoms with Gasteiger partial charge in [-0.1, -0.05) is 26.8 Å². The number of carbonyl (C=O) groups is 2. The zero-order valence-corrected chi connectivity index (χ0v) is 13.7. The van der Waals surface area contributed by atoms with Crippen molar-refractivity contribution in [2.24, 2.45) is 11.8 Å². The maximum atomic E-state index is 12.9. The van der Waals surface area contributed by atoms with Crippen LogP contribution in [0.1, 0.15) is 54.7 Å². The molecular weight excluding hydrogens is 323 g/mol. The molecule has 7 heteroatoms. The van der Waals surface area contributed by atoms with Gasteiger partial charge in [0.2, 0.25) is 0 Å². The van der Waals surface area contributed by atoms with Gasteiger partial charge in [-0.3, -0.25) is 9.59 Å². The van der Waals surface area contributed by atoms with Crippen molar-refractivity contribution in [3.05, 3.63) is 34.9 Å². The number of hydrogen-bond acceptors (Lipinski definition) is 2. The summed E-state index contributed by atoms with van der Waals surface area (Å²) >= 11 is 0. The lowest BCUT2D eigenvalue weighted by Gasteiger charge is -2.30. The number of rotatable bonds is 5. The molecule has 132 valence electrons. The average Bonchev–Trinajstić information content (AvgIpc) is 2.72. The molecule has 2 unspecified atom stereocenters. The fourth-order valence-corrected chi connectivity index (χ4v) is 3.18. The highest BCUT2D eigenvalue weighted by atomic mass is 19.4. The van der Waals surface area contributed by atoms with Crippen LogP contribution in [0.3, 0.4) is 0 Å². The Balaban J connectivity index is 2.56. The quantitative estimate of drug-likeness (QED) is 0.880. The molecule has 1 aliphatic heterocycles. The molecule has 4 nitrogen and oxygen atoms in total. The van der Waals surface area contributed by atoms with Crippen LogP contribution in [-0.4, -0.2) is 28.4 Å². The van der Waals surface area contributed by atoms with Crippen LogP contribution in [0.25, 0.3) is 0 Å². The van der Waals surface area contributed by atoms with Crippen molar-refractivity contribution in [3.8, 4) is 0 Å². The summed E-state index contributed by atoms with van der Waals surface area (Å²) in [5.74, 6) is -2.38. The third-order valence-electron chi connectivity index (χ3n) is 4.23. The normalized spacial score (nSPS) is 18.9. The van der Waals surface area contributed by atoms with Crippen LogP contribution < -0.4 is 0 Å². The zero-order valence-electron chi connectivity index (χ0n) is 13.7. The minimum absolute atomic E-state index is 0.0461. The van der Waals surface area contributed by atoms with Gasteiger partial charge in [0, 0.05) is 12.1 Å². The number of fused-ring (bicyclic) bond motifs is 1. The van der Waals surface area contributed by atoms with Crippen molar-refractivity contribution in [2.75, 3.05) is 6.54 Å². The maximum Gasteiger partial charge on any atom is 0.416 e. The number of carbonyl (C=O) groups excluding carboxylic acids is 1. The highest BCUT2D eigenvalue weighted by Gasteiger charge is 2.44. The van der Waals surface area contributed by atoms with E-state index in [4.69, 9.17) is 0 Å². The lowest BCUT2D eigenvalue weighted by molar-refractivity contribution is -0.144. The number of carboxylic acids is 1. The average molecular weight is 343 g/mol. The second-order valence-electron chi connectivity index (χ2n) is 6.45. The van der Waals surface area contributed by atoms with E-state index in [-0.39, 0.29) is 17.9 Å². The molecule has 0 spiro atoms. The molecule has 1 heterocycles. The Hall–Kier alpha value is -2.05. The second kappa shape index (κ2) is 6.45. The first-order valence-electron chi connectivity index (χ1n) is 7.82. The summed E-state index contributed by atoms with van der Waals surface area (Å²) in [6.07, 6.45) is -4.27. The number of carboxylic acid groups (broad SMARTS) is 1. The zero-order chi connectivity index (χ0) is 18.2. The van der Waals surface area contributed by atoms with Crippen LogP contribution >= 0.6 is 0 Å². The van der Waals surface area contributed by atoms with Gasteiger partial charge >= 0.3 is 12.1 Å². The number of nitrogens with zero attached hydrogens (tertiary/aromatic N) is 1. The van der Waals surface area contributed by atoms with Gasteiger partial charge in [0.25, 0.3) is 5.91 Å². The largest absolute Gasteiger partial charge is 0.481 e. The molecule has 0 aliphatic carbocycles. The van der Waals surface area contributed by atoms with E-state index in [2.05, 4.69) is 0 Å². The summed E-state index contributed by atoms with van der Waals surface area (Å²) in [5, 5.41) is 9.46. The Kier molecular flexibility index (Phi) is 4.92. The fourth-order valence-electron chi connectivity index (χ4n) is 3.18. The Bertz CT molecular complexity index is 655. The summed E-state index contributed by atoms with van der Waals surface area (Å²) in [5.41, 5.74) is -0.582. The SMILES string of the molecule is CCC(C(=O)O)C1c2ccc(C(F)(F)F)cc2C(=O)N1CC(C)C. The number of amides is 1. The molecule has 0 radical (unpaired) electrons. The van der Waals surface area contributed by atoms with Crippen LogP contribution in [-0.2, 0) is 11.0 Å². The van der Waals surface area contributed by atoms with Gasteiger partial charge in [-0.2, -0.15) is 13.2 Å². The van der Waals surface area contributed by atoms with Gasteiger partial charge in [0.15, 0.2) is 0 Å². The van der Waals surface area contributed by atoms with Gasteiger partial charge in [0.1, 0.15) is 0 Å². The van der Waals surface area contributed by atoms with Crippen molar-refractivity contribution in [2.45, 2.75) is 39.4 Å². The van der Waals surface area contributed by atoms with E-state index >= 15 is 0 Å². The van der Waals surface area contributed by atoms with Crippen molar-refractivity contribution in [1.82, 2.24) is 4.90 Å². The molecule has 1 aromatic carbocycles. The topological polar surface area (TPSA) is 57.6 Å². The van der Waals surface area contributed by atoms with Crippen molar-refractivity contribution in [1.29, 1.82) is 0 Å². The molecule has 2 atom stereocenters. The van der Waals surface area contributed by atoms with Crippen LogP contribution in [0, 0.1) is 11.8 Å². The molecule has 0 saturated heterocycles. The van der Waals surface area contributed by atoms with E-state index in [1.807, 2.05) is 13.8 Å². The third-order valence-corrected chi connectivity index (χ3v) is 4.23. The fraction of sp³-hybridized carbons (Fsp3) is 0.529. The Labute approximate surface area is 138 Å². The number of halogens is 3. The molecule has 0 aromatic heterocycles. The minimum atomic E-state index is -4.55. The molecule has 1 amide bonds. The number of benzene rings is 1. The van der Waals surface area contributed by atoms with Crippen molar-refractivity contribution >= 4 is 11.9 Å². The predicted octanol–water partition coefficient (Wildman–Crippen LogP) is 3.97. The predicted molar refractivity (Wildman–Crippen MR) is 81.5 cm³/mol. The minimum Gasteiger partial charge on any atom is -0.481 e. The van der Waals surface area contributed by atoms with E-state index in [9.17, 15) is 27.9 Å². The first kappa shape index (κ1) is 18.3. The first-order valence-corrected chi connectivity index (χ1v) is 7.82. The lowest BCUT2D eigenvalue weighted by Crippen LogP contribution is -2.37.